The van der Waals surface area contributed by atoms with Crippen molar-refractivity contribution < 1.29 is 9.53 Å². The maximum Gasteiger partial charge on any atom is 0.262 e. The normalized spacial score (nSPS) is 17.0. The average Bonchev–Trinajstić information content (AvgIpc) is 3.30. The third-order valence-corrected chi connectivity index (χ3v) is 7.14. The third kappa shape index (κ3) is 4.97. The van der Waals surface area contributed by atoms with Gasteiger partial charge in [-0.1, -0.05) is 36.0 Å². The van der Waals surface area contributed by atoms with Crippen LogP contribution in [-0.2, 0) is 16.1 Å². The number of fused-ring (bicyclic) bond motifs is 1. The molecule has 0 bridgehead atoms. The number of nitrogens with zero attached hydrogens (tertiary/aromatic N) is 2. The van der Waals surface area contributed by atoms with Crippen LogP contribution >= 0.6 is 23.5 Å². The van der Waals surface area contributed by atoms with Gasteiger partial charge in [-0.25, -0.2) is 4.98 Å². The fraction of sp³-hybridized carbons (Fsp3) is 0.348. The van der Waals surface area contributed by atoms with Crippen molar-refractivity contribution in [3.63, 3.8) is 0 Å². The molecule has 2 unspecified atom stereocenters. The molecule has 162 valence electrons. The predicted molar refractivity (Wildman–Crippen MR) is 127 cm³/mol. The second kappa shape index (κ2) is 9.89. The zero-order valence-electron chi connectivity index (χ0n) is 17.5. The summed E-state index contributed by atoms with van der Waals surface area (Å²) < 4.78 is 7.43. The Hall–Kier alpha value is -2.29. The maximum atomic E-state index is 13.2. The van der Waals surface area contributed by atoms with Crippen LogP contribution in [0.5, 0.6) is 0 Å². The first-order chi connectivity index (χ1) is 15.1. The number of carbonyl (C=O) groups is 1. The van der Waals surface area contributed by atoms with E-state index in [0.29, 0.717) is 22.6 Å². The van der Waals surface area contributed by atoms with Crippen LogP contribution in [0.15, 0.2) is 63.4 Å². The molecule has 8 heteroatoms. The molecular formula is C23H25N3O3S2. The topological polar surface area (TPSA) is 73.2 Å². The van der Waals surface area contributed by atoms with Crippen LogP contribution in [0.4, 0.5) is 5.69 Å². The van der Waals surface area contributed by atoms with E-state index in [1.165, 1.54) is 11.8 Å². The van der Waals surface area contributed by atoms with Crippen molar-refractivity contribution >= 4 is 46.0 Å². The number of nitrogens with one attached hydrogen (secondary N) is 1. The van der Waals surface area contributed by atoms with Gasteiger partial charge in [0.15, 0.2) is 5.16 Å². The lowest BCUT2D eigenvalue weighted by Gasteiger charge is -2.19. The largest absolute Gasteiger partial charge is 0.376 e. The van der Waals surface area contributed by atoms with Crippen molar-refractivity contribution in [1.29, 1.82) is 0 Å². The van der Waals surface area contributed by atoms with Crippen molar-refractivity contribution in [2.75, 3.05) is 18.2 Å². The minimum atomic E-state index is -0.432. The summed E-state index contributed by atoms with van der Waals surface area (Å²) in [6, 6.07) is 15.0. The number of amides is 1. The number of carbonyl (C=O) groups excluding carboxylic acids is 1. The van der Waals surface area contributed by atoms with E-state index >= 15 is 0 Å². The first-order valence-electron chi connectivity index (χ1n) is 10.3. The lowest BCUT2D eigenvalue weighted by molar-refractivity contribution is -0.115. The Bertz CT molecular complexity index is 1140. The Kier molecular flexibility index (Phi) is 6.99. The monoisotopic (exact) mass is 455 g/mol. The molecule has 31 heavy (non-hydrogen) atoms. The minimum absolute atomic E-state index is 0.00222. The number of ether oxygens (including phenoxy) is 1. The van der Waals surface area contributed by atoms with Gasteiger partial charge in [0.2, 0.25) is 5.91 Å². The molecule has 0 spiro atoms. The van der Waals surface area contributed by atoms with Crippen molar-refractivity contribution in [1.82, 2.24) is 9.55 Å². The summed E-state index contributed by atoms with van der Waals surface area (Å²) in [6.45, 7) is 3.00. The highest BCUT2D eigenvalue weighted by Crippen LogP contribution is 2.28. The van der Waals surface area contributed by atoms with Crippen molar-refractivity contribution in [3.05, 3.63) is 58.9 Å². The Morgan fingerprint density at radius 1 is 1.26 bits per heavy atom. The highest BCUT2D eigenvalue weighted by atomic mass is 32.2. The lowest BCUT2D eigenvalue weighted by Crippen LogP contribution is -2.30. The second-order valence-corrected chi connectivity index (χ2v) is 9.57. The molecule has 6 nitrogen and oxygen atoms in total. The van der Waals surface area contributed by atoms with Crippen LogP contribution in [0.25, 0.3) is 10.9 Å². The Morgan fingerprint density at radius 2 is 2.03 bits per heavy atom. The third-order valence-electron chi connectivity index (χ3n) is 5.25. The summed E-state index contributed by atoms with van der Waals surface area (Å²) in [4.78, 5) is 31.9. The average molecular weight is 456 g/mol. The van der Waals surface area contributed by atoms with Gasteiger partial charge in [0, 0.05) is 11.5 Å². The molecule has 3 aromatic rings. The van der Waals surface area contributed by atoms with Crippen molar-refractivity contribution in [2.45, 2.75) is 47.7 Å². The van der Waals surface area contributed by atoms with Gasteiger partial charge in [-0.3, -0.25) is 14.2 Å². The number of hydrogen-bond donors (Lipinski definition) is 1. The number of benzene rings is 2. The molecule has 2 atom stereocenters. The zero-order valence-corrected chi connectivity index (χ0v) is 19.2. The minimum Gasteiger partial charge on any atom is -0.376 e. The van der Waals surface area contributed by atoms with E-state index in [1.54, 1.807) is 22.4 Å². The van der Waals surface area contributed by atoms with E-state index in [1.807, 2.05) is 55.6 Å². The van der Waals surface area contributed by atoms with Gasteiger partial charge in [0.05, 0.1) is 34.5 Å². The smallest absolute Gasteiger partial charge is 0.262 e. The first kappa shape index (κ1) is 21.9. The van der Waals surface area contributed by atoms with E-state index < -0.39 is 5.25 Å². The number of thioether (sulfide) groups is 2. The Labute approximate surface area is 189 Å². The quantitative estimate of drug-likeness (QED) is 0.420. The van der Waals surface area contributed by atoms with Crippen LogP contribution in [0.2, 0.25) is 0 Å². The molecule has 1 saturated heterocycles. The van der Waals surface area contributed by atoms with Crippen LogP contribution in [0.1, 0.15) is 19.8 Å². The summed E-state index contributed by atoms with van der Waals surface area (Å²) in [5, 5.41) is 3.69. The molecule has 1 fully saturated rings. The number of aromatic nitrogens is 2. The van der Waals surface area contributed by atoms with Crippen molar-refractivity contribution in [2.24, 2.45) is 0 Å². The molecule has 0 radical (unpaired) electrons. The van der Waals surface area contributed by atoms with E-state index in [4.69, 9.17) is 9.72 Å². The summed E-state index contributed by atoms with van der Waals surface area (Å²) in [7, 11) is 0. The molecule has 2 aromatic carbocycles. The molecule has 4 rings (SSSR count). The molecule has 2 heterocycles. The number of hydrogen-bond acceptors (Lipinski definition) is 6. The molecular weight excluding hydrogens is 430 g/mol. The summed E-state index contributed by atoms with van der Waals surface area (Å²) in [5.74, 6) is -0.127. The summed E-state index contributed by atoms with van der Waals surface area (Å²) in [6.07, 6.45) is 3.89. The second-order valence-electron chi connectivity index (χ2n) is 7.41. The lowest BCUT2D eigenvalue weighted by atomic mass is 10.2. The van der Waals surface area contributed by atoms with Gasteiger partial charge in [-0.05, 0) is 50.3 Å². The molecule has 1 aromatic heterocycles. The summed E-state index contributed by atoms with van der Waals surface area (Å²) in [5.41, 5.74) is 1.33. The Morgan fingerprint density at radius 3 is 2.81 bits per heavy atom. The van der Waals surface area contributed by atoms with Gasteiger partial charge >= 0.3 is 0 Å². The maximum absolute atomic E-state index is 13.2. The van der Waals surface area contributed by atoms with Gasteiger partial charge in [0.25, 0.3) is 5.56 Å². The molecule has 1 aliphatic heterocycles. The van der Waals surface area contributed by atoms with Crippen LogP contribution in [-0.4, -0.2) is 39.7 Å². The fourth-order valence-electron chi connectivity index (χ4n) is 3.58. The highest BCUT2D eigenvalue weighted by molar-refractivity contribution is 8.00. The first-order valence-corrected chi connectivity index (χ1v) is 12.4. The standard InChI is InChI=1S/C23H25N3O3S2/c1-15(21(27)24-19-11-5-6-12-20(19)30-2)31-23-25-18-10-4-3-9-17(18)22(28)26(23)14-16-8-7-13-29-16/h3-6,9-12,15-16H,7-8,13-14H2,1-2H3,(H,24,27). The van der Waals surface area contributed by atoms with E-state index in [9.17, 15) is 9.59 Å². The van der Waals surface area contributed by atoms with E-state index in [2.05, 4.69) is 5.32 Å². The SMILES string of the molecule is CSc1ccccc1NC(=O)C(C)Sc1nc2ccccc2c(=O)n1CC1CCCO1. The highest BCUT2D eigenvalue weighted by Gasteiger charge is 2.23. The van der Waals surface area contributed by atoms with Gasteiger partial charge < -0.3 is 10.1 Å². The van der Waals surface area contributed by atoms with Crippen molar-refractivity contribution in [3.8, 4) is 0 Å². The molecule has 1 aliphatic rings. The number of para-hydroxylation sites is 2. The zero-order chi connectivity index (χ0) is 21.8. The van der Waals surface area contributed by atoms with Crippen LogP contribution in [0.3, 0.4) is 0 Å². The molecule has 1 N–H and O–H groups in total. The predicted octanol–water partition coefficient (Wildman–Crippen LogP) is 4.42. The van der Waals surface area contributed by atoms with Gasteiger partial charge in [-0.15, -0.1) is 11.8 Å². The summed E-state index contributed by atoms with van der Waals surface area (Å²) >= 11 is 2.88. The van der Waals surface area contributed by atoms with Gasteiger partial charge in [-0.2, -0.15) is 0 Å². The molecule has 0 aliphatic carbocycles. The number of rotatable bonds is 7. The van der Waals surface area contributed by atoms with Crippen LogP contribution in [0, 0.1) is 0 Å². The number of anilines is 1. The van der Waals surface area contributed by atoms with Gasteiger partial charge in [0.1, 0.15) is 0 Å². The molecule has 0 saturated carbocycles. The molecule has 1 amide bonds. The van der Waals surface area contributed by atoms with E-state index in [0.717, 1.165) is 30.0 Å². The fourth-order valence-corrected chi connectivity index (χ4v) is 5.06. The Balaban J connectivity index is 1.61. The van der Waals surface area contributed by atoms with E-state index in [-0.39, 0.29) is 17.6 Å². The van der Waals surface area contributed by atoms with Crippen LogP contribution < -0.4 is 10.9 Å².